The summed E-state index contributed by atoms with van der Waals surface area (Å²) >= 11 is 5.95. The number of fused-ring (bicyclic) bond motifs is 1. The molecule has 0 saturated heterocycles. The molecule has 0 spiro atoms. The van der Waals surface area contributed by atoms with Gasteiger partial charge in [0.1, 0.15) is 12.4 Å². The van der Waals surface area contributed by atoms with Crippen LogP contribution in [-0.4, -0.2) is 22.6 Å². The van der Waals surface area contributed by atoms with Crippen LogP contribution in [0.5, 0.6) is 5.88 Å². The molecule has 1 aliphatic rings. The number of nitrogens with zero attached hydrogens (tertiary/aromatic N) is 3. The summed E-state index contributed by atoms with van der Waals surface area (Å²) in [6.45, 7) is 3.16. The van der Waals surface area contributed by atoms with Gasteiger partial charge in [-0.05, 0) is 31.0 Å². The first-order valence-corrected chi connectivity index (χ1v) is 7.64. The molecule has 1 atom stereocenters. The quantitative estimate of drug-likeness (QED) is 0.872. The molecule has 2 aromatic rings. The van der Waals surface area contributed by atoms with E-state index in [1.54, 1.807) is 4.57 Å². The van der Waals surface area contributed by atoms with Crippen LogP contribution in [-0.2, 0) is 13.2 Å². The minimum absolute atomic E-state index is 0.266. The van der Waals surface area contributed by atoms with Crippen LogP contribution in [0.2, 0.25) is 5.02 Å². The monoisotopic (exact) mass is 319 g/mol. The van der Waals surface area contributed by atoms with E-state index < -0.39 is 0 Å². The molecule has 0 unspecified atom stereocenters. The van der Waals surface area contributed by atoms with E-state index >= 15 is 0 Å². The van der Waals surface area contributed by atoms with E-state index in [-0.39, 0.29) is 5.69 Å². The summed E-state index contributed by atoms with van der Waals surface area (Å²) in [5.41, 5.74) is 0.672. The fourth-order valence-corrected chi connectivity index (χ4v) is 2.78. The van der Waals surface area contributed by atoms with Crippen LogP contribution in [0.4, 0.5) is 5.82 Å². The Hall–Kier alpha value is -2.01. The third kappa shape index (κ3) is 2.95. The van der Waals surface area contributed by atoms with E-state index in [0.29, 0.717) is 30.1 Å². The maximum atomic E-state index is 12.1. The molecular weight excluding hydrogens is 302 g/mol. The van der Waals surface area contributed by atoms with Crippen LogP contribution in [0.15, 0.2) is 35.1 Å². The van der Waals surface area contributed by atoms with Crippen molar-refractivity contribution >= 4 is 17.4 Å². The van der Waals surface area contributed by atoms with Gasteiger partial charge in [-0.15, -0.1) is 0 Å². The van der Waals surface area contributed by atoms with Gasteiger partial charge in [-0.1, -0.05) is 23.7 Å². The first-order chi connectivity index (χ1) is 10.5. The van der Waals surface area contributed by atoms with Crippen molar-refractivity contribution in [3.63, 3.8) is 0 Å². The maximum absolute atomic E-state index is 12.1. The second-order valence-electron chi connectivity index (χ2n) is 5.55. The van der Waals surface area contributed by atoms with Crippen LogP contribution in [0.25, 0.3) is 0 Å². The van der Waals surface area contributed by atoms with Gasteiger partial charge in [-0.25, -0.2) is 4.79 Å². The third-order valence-corrected chi connectivity index (χ3v) is 4.27. The van der Waals surface area contributed by atoms with Gasteiger partial charge in [0.15, 0.2) is 0 Å². The second-order valence-corrected chi connectivity index (χ2v) is 5.99. The number of halogens is 1. The summed E-state index contributed by atoms with van der Waals surface area (Å²) in [7, 11) is 1.98. The Labute approximate surface area is 134 Å². The molecule has 0 radical (unpaired) electrons. The van der Waals surface area contributed by atoms with Gasteiger partial charge in [0.2, 0.25) is 5.88 Å². The fraction of sp³-hybridized carbons (Fsp3) is 0.375. The van der Waals surface area contributed by atoms with Crippen molar-refractivity contribution in [2.75, 3.05) is 11.9 Å². The molecule has 0 aliphatic carbocycles. The molecule has 0 saturated carbocycles. The molecule has 1 aromatic carbocycles. The number of hydrogen-bond donors (Lipinski definition) is 0. The Morgan fingerprint density at radius 1 is 1.41 bits per heavy atom. The first kappa shape index (κ1) is 14.9. The molecule has 0 amide bonds. The Morgan fingerprint density at radius 2 is 2.23 bits per heavy atom. The molecule has 0 bridgehead atoms. The molecular formula is C16H18ClN3O2. The Kier molecular flexibility index (Phi) is 4.07. The number of rotatable bonds is 3. The number of ether oxygens (including phenoxy) is 1. The van der Waals surface area contributed by atoms with E-state index in [0.717, 1.165) is 17.8 Å². The van der Waals surface area contributed by atoms with Crippen molar-refractivity contribution < 1.29 is 4.74 Å². The van der Waals surface area contributed by atoms with E-state index in [9.17, 15) is 4.79 Å². The number of aromatic nitrogens is 2. The molecule has 3 rings (SSSR count). The molecule has 22 heavy (non-hydrogen) atoms. The minimum Gasteiger partial charge on any atom is -0.473 e. The van der Waals surface area contributed by atoms with Crippen molar-refractivity contribution in [2.24, 2.45) is 0 Å². The van der Waals surface area contributed by atoms with Gasteiger partial charge >= 0.3 is 5.69 Å². The molecule has 116 valence electrons. The van der Waals surface area contributed by atoms with Gasteiger partial charge in [0.25, 0.3) is 0 Å². The number of anilines is 1. The van der Waals surface area contributed by atoms with Gasteiger partial charge in [-0.2, -0.15) is 4.98 Å². The predicted molar refractivity (Wildman–Crippen MR) is 86.8 cm³/mol. The summed E-state index contributed by atoms with van der Waals surface area (Å²) in [6, 6.07) is 9.65. The zero-order chi connectivity index (χ0) is 15.7. The van der Waals surface area contributed by atoms with Gasteiger partial charge in [-0.3, -0.25) is 4.57 Å². The fourth-order valence-electron chi connectivity index (χ4n) is 2.57. The predicted octanol–water partition coefficient (Wildman–Crippen LogP) is 2.70. The van der Waals surface area contributed by atoms with E-state index in [1.807, 2.05) is 37.4 Å². The van der Waals surface area contributed by atoms with E-state index in [1.165, 1.54) is 0 Å². The molecule has 2 heterocycles. The third-order valence-electron chi connectivity index (χ3n) is 4.03. The van der Waals surface area contributed by atoms with E-state index in [2.05, 4.69) is 16.8 Å². The largest absolute Gasteiger partial charge is 0.473 e. The highest BCUT2D eigenvalue weighted by Crippen LogP contribution is 2.24. The lowest BCUT2D eigenvalue weighted by Crippen LogP contribution is -2.41. The van der Waals surface area contributed by atoms with Crippen molar-refractivity contribution in [1.82, 2.24) is 9.55 Å². The summed E-state index contributed by atoms with van der Waals surface area (Å²) in [6.07, 6.45) is 0.938. The highest BCUT2D eigenvalue weighted by molar-refractivity contribution is 6.30. The normalized spacial score (nSPS) is 17.2. The Balaban J connectivity index is 1.83. The lowest BCUT2D eigenvalue weighted by Gasteiger charge is -2.34. The standard InChI is InChI=1S/C16H18ClN3O2/c1-11-6-7-20-15(19(11)2)9-14(18-16(20)21)22-10-12-4-3-5-13(17)8-12/h3-5,8-9,11H,6-7,10H2,1-2H3/t11-/m0/s1. The van der Waals surface area contributed by atoms with E-state index in [4.69, 9.17) is 16.3 Å². The highest BCUT2D eigenvalue weighted by Gasteiger charge is 2.22. The van der Waals surface area contributed by atoms with Gasteiger partial charge in [0, 0.05) is 30.7 Å². The van der Waals surface area contributed by atoms with Crippen LogP contribution in [0.1, 0.15) is 18.9 Å². The van der Waals surface area contributed by atoms with Crippen LogP contribution < -0.4 is 15.3 Å². The lowest BCUT2D eigenvalue weighted by atomic mass is 10.1. The topological polar surface area (TPSA) is 47.4 Å². The molecule has 6 heteroatoms. The smallest absolute Gasteiger partial charge is 0.352 e. The summed E-state index contributed by atoms with van der Waals surface area (Å²) in [4.78, 5) is 18.2. The lowest BCUT2D eigenvalue weighted by molar-refractivity contribution is 0.290. The maximum Gasteiger partial charge on any atom is 0.352 e. The average Bonchev–Trinajstić information content (AvgIpc) is 2.49. The second kappa shape index (κ2) is 6.01. The van der Waals surface area contributed by atoms with Crippen molar-refractivity contribution in [2.45, 2.75) is 32.5 Å². The average molecular weight is 320 g/mol. The minimum atomic E-state index is -0.266. The first-order valence-electron chi connectivity index (χ1n) is 7.26. The van der Waals surface area contributed by atoms with Crippen LogP contribution >= 0.6 is 11.6 Å². The van der Waals surface area contributed by atoms with Gasteiger partial charge < -0.3 is 9.64 Å². The molecule has 1 aromatic heterocycles. The van der Waals surface area contributed by atoms with Gasteiger partial charge in [0.05, 0.1) is 0 Å². The zero-order valence-electron chi connectivity index (χ0n) is 12.6. The molecule has 1 aliphatic heterocycles. The molecule has 0 N–H and O–H groups in total. The Morgan fingerprint density at radius 3 is 3.00 bits per heavy atom. The summed E-state index contributed by atoms with van der Waals surface area (Å²) < 4.78 is 7.35. The van der Waals surface area contributed by atoms with Crippen molar-refractivity contribution in [3.8, 4) is 5.88 Å². The Bertz CT molecular complexity index is 744. The molecule has 0 fully saturated rings. The number of hydrogen-bond acceptors (Lipinski definition) is 4. The summed E-state index contributed by atoms with van der Waals surface area (Å²) in [5.74, 6) is 1.19. The highest BCUT2D eigenvalue weighted by atomic mass is 35.5. The van der Waals surface area contributed by atoms with Crippen LogP contribution in [0, 0.1) is 0 Å². The van der Waals surface area contributed by atoms with Crippen LogP contribution in [0.3, 0.4) is 0 Å². The van der Waals surface area contributed by atoms with Crippen molar-refractivity contribution in [1.29, 1.82) is 0 Å². The number of benzene rings is 1. The van der Waals surface area contributed by atoms with Crippen molar-refractivity contribution in [3.05, 3.63) is 51.4 Å². The zero-order valence-corrected chi connectivity index (χ0v) is 13.4. The molecule has 5 nitrogen and oxygen atoms in total. The SMILES string of the molecule is C[C@H]1CCn2c(cc(OCc3cccc(Cl)c3)nc2=O)N1C. The summed E-state index contributed by atoms with van der Waals surface area (Å²) in [5, 5.41) is 0.660.